The Labute approximate surface area is 130 Å². The molecule has 3 unspecified atom stereocenters. The number of rotatable bonds is 7. The first-order chi connectivity index (χ1) is 10.1. The van der Waals surface area contributed by atoms with E-state index in [0.29, 0.717) is 6.42 Å². The van der Waals surface area contributed by atoms with E-state index in [1.807, 2.05) is 35.7 Å². The minimum absolute atomic E-state index is 0.0627. The fourth-order valence-electron chi connectivity index (χ4n) is 2.48. The molecule has 1 aromatic heterocycles. The van der Waals surface area contributed by atoms with Crippen LogP contribution in [-0.4, -0.2) is 16.3 Å². The van der Waals surface area contributed by atoms with Crippen LogP contribution in [0.1, 0.15) is 48.4 Å². The Balaban J connectivity index is 1.90. The van der Waals surface area contributed by atoms with E-state index in [2.05, 4.69) is 25.2 Å². The van der Waals surface area contributed by atoms with E-state index < -0.39 is 6.10 Å². The van der Waals surface area contributed by atoms with Gasteiger partial charge in [0.15, 0.2) is 0 Å². The fraction of sp³-hybridized carbons (Fsp3) is 0.412. The van der Waals surface area contributed by atoms with Crippen molar-refractivity contribution in [2.75, 3.05) is 0 Å². The molecule has 1 aromatic carbocycles. The van der Waals surface area contributed by atoms with Crippen molar-refractivity contribution in [2.24, 2.45) is 0 Å². The standard InChI is InChI=1S/C17H23NO2S/c1-12(9-16(20)17-7-4-8-21-17)18-13(2)15-6-3-5-14(10-15)11-19/h3-8,10,12-13,16,18-20H,9,11H2,1-2H3. The summed E-state index contributed by atoms with van der Waals surface area (Å²) in [5.74, 6) is 0. The second-order valence-electron chi connectivity index (χ2n) is 5.46. The molecule has 0 saturated carbocycles. The van der Waals surface area contributed by atoms with Crippen LogP contribution in [0.2, 0.25) is 0 Å². The minimum atomic E-state index is -0.413. The lowest BCUT2D eigenvalue weighted by molar-refractivity contribution is 0.155. The molecular formula is C17H23NO2S. The van der Waals surface area contributed by atoms with Crippen LogP contribution in [0.4, 0.5) is 0 Å². The van der Waals surface area contributed by atoms with E-state index in [1.54, 1.807) is 11.3 Å². The molecule has 0 saturated heterocycles. The van der Waals surface area contributed by atoms with Crippen molar-refractivity contribution < 1.29 is 10.2 Å². The summed E-state index contributed by atoms with van der Waals surface area (Å²) < 4.78 is 0. The van der Waals surface area contributed by atoms with Gasteiger partial charge in [-0.15, -0.1) is 11.3 Å². The third kappa shape index (κ3) is 4.64. The molecule has 3 N–H and O–H groups in total. The average Bonchev–Trinajstić information content (AvgIpc) is 3.01. The molecule has 4 heteroatoms. The smallest absolute Gasteiger partial charge is 0.0896 e. The average molecular weight is 305 g/mol. The van der Waals surface area contributed by atoms with E-state index in [4.69, 9.17) is 0 Å². The van der Waals surface area contributed by atoms with Crippen molar-refractivity contribution in [3.05, 3.63) is 57.8 Å². The Hall–Kier alpha value is -1.20. The number of thiophene rings is 1. The lowest BCUT2D eigenvalue weighted by atomic mass is 10.0. The number of benzene rings is 1. The summed E-state index contributed by atoms with van der Waals surface area (Å²) in [6.07, 6.45) is 0.272. The Morgan fingerprint density at radius 1 is 1.19 bits per heavy atom. The van der Waals surface area contributed by atoms with Gasteiger partial charge in [0.05, 0.1) is 12.7 Å². The Bertz CT molecular complexity index is 541. The van der Waals surface area contributed by atoms with E-state index in [9.17, 15) is 10.2 Å². The van der Waals surface area contributed by atoms with Crippen LogP contribution in [0.5, 0.6) is 0 Å². The molecule has 1 heterocycles. The number of hydrogen-bond donors (Lipinski definition) is 3. The van der Waals surface area contributed by atoms with Gasteiger partial charge in [0.2, 0.25) is 0 Å². The quantitative estimate of drug-likeness (QED) is 0.735. The molecule has 0 amide bonds. The summed E-state index contributed by atoms with van der Waals surface area (Å²) in [6, 6.07) is 12.3. The highest BCUT2D eigenvalue weighted by Crippen LogP contribution is 2.24. The van der Waals surface area contributed by atoms with Gasteiger partial charge < -0.3 is 15.5 Å². The number of hydrogen-bond acceptors (Lipinski definition) is 4. The zero-order chi connectivity index (χ0) is 15.2. The first kappa shape index (κ1) is 16.2. The second kappa shape index (κ2) is 7.71. The normalized spacial score (nSPS) is 15.6. The molecule has 0 aliphatic carbocycles. The zero-order valence-corrected chi connectivity index (χ0v) is 13.3. The van der Waals surface area contributed by atoms with Gasteiger partial charge in [0, 0.05) is 17.0 Å². The number of aliphatic hydroxyl groups is 2. The first-order valence-electron chi connectivity index (χ1n) is 7.27. The summed E-state index contributed by atoms with van der Waals surface area (Å²) in [6.45, 7) is 4.25. The maximum atomic E-state index is 10.2. The molecule has 3 atom stereocenters. The summed E-state index contributed by atoms with van der Waals surface area (Å²) in [5.41, 5.74) is 2.08. The zero-order valence-electron chi connectivity index (χ0n) is 12.5. The van der Waals surface area contributed by atoms with Gasteiger partial charge in [-0.2, -0.15) is 0 Å². The van der Waals surface area contributed by atoms with Crippen LogP contribution < -0.4 is 5.32 Å². The highest BCUT2D eigenvalue weighted by molar-refractivity contribution is 7.10. The predicted molar refractivity (Wildman–Crippen MR) is 87.3 cm³/mol. The lowest BCUT2D eigenvalue weighted by Gasteiger charge is -2.22. The van der Waals surface area contributed by atoms with Crippen molar-refractivity contribution >= 4 is 11.3 Å². The summed E-state index contributed by atoms with van der Waals surface area (Å²) >= 11 is 1.59. The molecular weight excluding hydrogens is 282 g/mol. The van der Waals surface area contributed by atoms with Gasteiger partial charge >= 0.3 is 0 Å². The van der Waals surface area contributed by atoms with Crippen molar-refractivity contribution in [3.8, 4) is 0 Å². The highest BCUT2D eigenvalue weighted by Gasteiger charge is 2.15. The van der Waals surface area contributed by atoms with Gasteiger partial charge in [0.1, 0.15) is 0 Å². The maximum absolute atomic E-state index is 10.2. The van der Waals surface area contributed by atoms with Crippen LogP contribution in [0.25, 0.3) is 0 Å². The lowest BCUT2D eigenvalue weighted by Crippen LogP contribution is -2.30. The van der Waals surface area contributed by atoms with Crippen molar-refractivity contribution in [2.45, 2.75) is 45.1 Å². The van der Waals surface area contributed by atoms with Gasteiger partial charge in [-0.05, 0) is 42.8 Å². The Morgan fingerprint density at radius 2 is 2.00 bits per heavy atom. The van der Waals surface area contributed by atoms with E-state index in [1.165, 1.54) is 0 Å². The van der Waals surface area contributed by atoms with Gasteiger partial charge in [-0.3, -0.25) is 0 Å². The molecule has 0 aliphatic heterocycles. The van der Waals surface area contributed by atoms with Crippen LogP contribution in [-0.2, 0) is 6.61 Å². The van der Waals surface area contributed by atoms with Crippen molar-refractivity contribution in [1.29, 1.82) is 0 Å². The second-order valence-corrected chi connectivity index (χ2v) is 6.44. The summed E-state index contributed by atoms with van der Waals surface area (Å²) in [5, 5.41) is 24.9. The molecule has 2 aromatic rings. The van der Waals surface area contributed by atoms with Crippen LogP contribution in [0.3, 0.4) is 0 Å². The molecule has 114 valence electrons. The third-order valence-corrected chi connectivity index (χ3v) is 4.59. The van der Waals surface area contributed by atoms with Crippen molar-refractivity contribution in [3.63, 3.8) is 0 Å². The number of nitrogens with one attached hydrogen (secondary N) is 1. The molecule has 0 bridgehead atoms. The summed E-state index contributed by atoms with van der Waals surface area (Å²) in [7, 11) is 0. The summed E-state index contributed by atoms with van der Waals surface area (Å²) in [4.78, 5) is 1.01. The molecule has 3 nitrogen and oxygen atoms in total. The van der Waals surface area contributed by atoms with Crippen molar-refractivity contribution in [1.82, 2.24) is 5.32 Å². The van der Waals surface area contributed by atoms with Gasteiger partial charge in [-0.25, -0.2) is 0 Å². The maximum Gasteiger partial charge on any atom is 0.0896 e. The predicted octanol–water partition coefficient (Wildman–Crippen LogP) is 3.40. The van der Waals surface area contributed by atoms with Crippen LogP contribution in [0, 0.1) is 0 Å². The van der Waals surface area contributed by atoms with E-state index in [-0.39, 0.29) is 18.7 Å². The monoisotopic (exact) mass is 305 g/mol. The van der Waals surface area contributed by atoms with Crippen LogP contribution in [0.15, 0.2) is 41.8 Å². The highest BCUT2D eigenvalue weighted by atomic mass is 32.1. The molecule has 0 aliphatic rings. The van der Waals surface area contributed by atoms with Gasteiger partial charge in [-0.1, -0.05) is 30.3 Å². The topological polar surface area (TPSA) is 52.5 Å². The minimum Gasteiger partial charge on any atom is -0.392 e. The molecule has 21 heavy (non-hydrogen) atoms. The fourth-order valence-corrected chi connectivity index (χ4v) is 3.21. The first-order valence-corrected chi connectivity index (χ1v) is 8.15. The largest absolute Gasteiger partial charge is 0.392 e. The molecule has 0 radical (unpaired) electrons. The third-order valence-electron chi connectivity index (χ3n) is 3.62. The molecule has 0 spiro atoms. The Kier molecular flexibility index (Phi) is 5.94. The van der Waals surface area contributed by atoms with Gasteiger partial charge in [0.25, 0.3) is 0 Å². The van der Waals surface area contributed by atoms with Crippen LogP contribution >= 0.6 is 11.3 Å². The Morgan fingerprint density at radius 3 is 2.67 bits per heavy atom. The number of aliphatic hydroxyl groups excluding tert-OH is 2. The SMILES string of the molecule is CC(CC(O)c1cccs1)NC(C)c1cccc(CO)c1. The van der Waals surface area contributed by atoms with E-state index >= 15 is 0 Å². The molecule has 0 fully saturated rings. The molecule has 2 rings (SSSR count). The van der Waals surface area contributed by atoms with E-state index in [0.717, 1.165) is 16.0 Å².